The van der Waals surface area contributed by atoms with E-state index in [0.717, 1.165) is 0 Å². The van der Waals surface area contributed by atoms with E-state index in [0.29, 0.717) is 11.3 Å². The first-order chi connectivity index (χ1) is 12.9. The van der Waals surface area contributed by atoms with Gasteiger partial charge in [0.25, 0.3) is 15.9 Å². The number of thiophene rings is 1. The Morgan fingerprint density at radius 1 is 1.11 bits per heavy atom. The van der Waals surface area contributed by atoms with Gasteiger partial charge in [0.1, 0.15) is 11.5 Å². The van der Waals surface area contributed by atoms with Crippen LogP contribution in [0.4, 0.5) is 11.4 Å². The number of amides is 1. The van der Waals surface area contributed by atoms with Crippen molar-refractivity contribution in [1.82, 2.24) is 0 Å². The van der Waals surface area contributed by atoms with E-state index in [1.807, 2.05) is 0 Å². The first-order valence-corrected chi connectivity index (χ1v) is 10.2. The number of carbonyl (C=O) groups excluding carboxylic acids is 1. The van der Waals surface area contributed by atoms with Crippen LogP contribution in [0.3, 0.4) is 0 Å². The number of sulfonamides is 1. The van der Waals surface area contributed by atoms with Crippen LogP contribution in [0.2, 0.25) is 0 Å². The lowest BCUT2D eigenvalue weighted by Gasteiger charge is -2.13. The minimum Gasteiger partial charge on any atom is -0.506 e. The Labute approximate surface area is 160 Å². The molecule has 0 saturated carbocycles. The third-order valence-electron chi connectivity index (χ3n) is 3.66. The second-order valence-electron chi connectivity index (χ2n) is 5.45. The van der Waals surface area contributed by atoms with Crippen molar-refractivity contribution in [3.05, 3.63) is 64.9 Å². The van der Waals surface area contributed by atoms with Gasteiger partial charge < -0.3 is 15.2 Å². The van der Waals surface area contributed by atoms with E-state index in [4.69, 9.17) is 4.74 Å². The van der Waals surface area contributed by atoms with Gasteiger partial charge in [0.15, 0.2) is 0 Å². The van der Waals surface area contributed by atoms with Crippen LogP contribution >= 0.6 is 11.3 Å². The average molecular weight is 404 g/mol. The molecule has 0 unspecified atom stereocenters. The molecule has 1 amide bonds. The summed E-state index contributed by atoms with van der Waals surface area (Å²) in [5.41, 5.74) is 0.686. The van der Waals surface area contributed by atoms with Crippen molar-refractivity contribution in [2.75, 3.05) is 17.1 Å². The van der Waals surface area contributed by atoms with E-state index in [1.54, 1.807) is 41.1 Å². The molecule has 0 atom stereocenters. The average Bonchev–Trinajstić information content (AvgIpc) is 3.18. The fourth-order valence-corrected chi connectivity index (χ4v) is 4.04. The van der Waals surface area contributed by atoms with Gasteiger partial charge in [-0.2, -0.15) is 11.3 Å². The predicted octanol–water partition coefficient (Wildman–Crippen LogP) is 3.52. The van der Waals surface area contributed by atoms with Crippen molar-refractivity contribution in [2.24, 2.45) is 0 Å². The number of carbonyl (C=O) groups is 1. The fraction of sp³-hybridized carbons (Fsp3) is 0.0556. The van der Waals surface area contributed by atoms with Gasteiger partial charge in [0.2, 0.25) is 0 Å². The molecule has 2 aromatic carbocycles. The molecule has 0 saturated heterocycles. The molecule has 0 fully saturated rings. The van der Waals surface area contributed by atoms with Gasteiger partial charge >= 0.3 is 0 Å². The number of hydrogen-bond donors (Lipinski definition) is 3. The number of anilines is 2. The Balaban J connectivity index is 1.89. The van der Waals surface area contributed by atoms with Crippen molar-refractivity contribution >= 4 is 38.6 Å². The molecule has 1 heterocycles. The number of hydrogen-bond acceptors (Lipinski definition) is 6. The third kappa shape index (κ3) is 4.21. The molecule has 0 spiro atoms. The molecule has 0 bridgehead atoms. The number of rotatable bonds is 6. The second-order valence-corrected chi connectivity index (χ2v) is 7.91. The fourth-order valence-electron chi connectivity index (χ4n) is 2.30. The van der Waals surface area contributed by atoms with Gasteiger partial charge in [-0.3, -0.25) is 9.52 Å². The molecular weight excluding hydrogens is 388 g/mol. The van der Waals surface area contributed by atoms with E-state index < -0.39 is 15.9 Å². The van der Waals surface area contributed by atoms with Crippen molar-refractivity contribution in [2.45, 2.75) is 4.90 Å². The van der Waals surface area contributed by atoms with Gasteiger partial charge in [0.05, 0.1) is 28.9 Å². The Kier molecular flexibility index (Phi) is 5.33. The van der Waals surface area contributed by atoms with Crippen LogP contribution in [0.15, 0.2) is 64.2 Å². The lowest BCUT2D eigenvalue weighted by molar-refractivity contribution is 0.102. The molecule has 27 heavy (non-hydrogen) atoms. The Morgan fingerprint density at radius 3 is 2.59 bits per heavy atom. The molecule has 1 aromatic heterocycles. The summed E-state index contributed by atoms with van der Waals surface area (Å²) in [6, 6.07) is 11.8. The number of para-hydroxylation sites is 2. The van der Waals surface area contributed by atoms with Crippen molar-refractivity contribution in [1.29, 1.82) is 0 Å². The summed E-state index contributed by atoms with van der Waals surface area (Å²) >= 11 is 1.35. The molecular formula is C18H16N2O5S2. The summed E-state index contributed by atoms with van der Waals surface area (Å²) in [7, 11) is -2.53. The highest BCUT2D eigenvalue weighted by Gasteiger charge is 2.19. The molecule has 9 heteroatoms. The van der Waals surface area contributed by atoms with E-state index in [-0.39, 0.29) is 22.0 Å². The van der Waals surface area contributed by atoms with Gasteiger partial charge in [-0.15, -0.1) is 0 Å². The van der Waals surface area contributed by atoms with Gasteiger partial charge in [0, 0.05) is 5.38 Å². The lowest BCUT2D eigenvalue weighted by Crippen LogP contribution is -2.15. The van der Waals surface area contributed by atoms with Crippen LogP contribution in [0.1, 0.15) is 10.4 Å². The molecule has 140 valence electrons. The summed E-state index contributed by atoms with van der Waals surface area (Å²) in [4.78, 5) is 12.0. The van der Waals surface area contributed by atoms with Gasteiger partial charge in [-0.05, 0) is 41.8 Å². The van der Waals surface area contributed by atoms with Crippen LogP contribution in [-0.4, -0.2) is 26.5 Å². The van der Waals surface area contributed by atoms with Crippen molar-refractivity contribution < 1.29 is 23.1 Å². The third-order valence-corrected chi connectivity index (χ3v) is 5.71. The number of benzene rings is 2. The summed E-state index contributed by atoms with van der Waals surface area (Å²) < 4.78 is 33.0. The number of ether oxygens (including phenoxy) is 1. The van der Waals surface area contributed by atoms with Crippen LogP contribution in [0.5, 0.6) is 11.5 Å². The first kappa shape index (κ1) is 18.7. The molecule has 0 aliphatic rings. The summed E-state index contributed by atoms with van der Waals surface area (Å²) in [5.74, 6) is -0.320. The maximum Gasteiger partial charge on any atom is 0.262 e. The Bertz CT molecular complexity index is 1060. The van der Waals surface area contributed by atoms with E-state index >= 15 is 0 Å². The zero-order chi connectivity index (χ0) is 19.4. The molecule has 3 N–H and O–H groups in total. The number of nitrogens with one attached hydrogen (secondary N) is 2. The predicted molar refractivity (Wildman–Crippen MR) is 104 cm³/mol. The SMILES string of the molecule is COc1ccccc1NS(=O)(=O)c1ccc(O)c(NC(=O)c2ccsc2)c1. The zero-order valence-corrected chi connectivity index (χ0v) is 15.8. The zero-order valence-electron chi connectivity index (χ0n) is 14.2. The normalized spacial score (nSPS) is 11.0. The van der Waals surface area contributed by atoms with Crippen LogP contribution in [0, 0.1) is 0 Å². The second kappa shape index (κ2) is 7.68. The van der Waals surface area contributed by atoms with Crippen molar-refractivity contribution in [3.63, 3.8) is 0 Å². The lowest BCUT2D eigenvalue weighted by atomic mass is 10.2. The number of phenolic OH excluding ortho intramolecular Hbond substituents is 1. The summed E-state index contributed by atoms with van der Waals surface area (Å²) in [6.07, 6.45) is 0. The number of methoxy groups -OCH3 is 1. The van der Waals surface area contributed by atoms with Crippen molar-refractivity contribution in [3.8, 4) is 11.5 Å². The molecule has 0 aliphatic heterocycles. The van der Waals surface area contributed by atoms with Gasteiger partial charge in [-0.25, -0.2) is 8.42 Å². The van der Waals surface area contributed by atoms with Crippen LogP contribution < -0.4 is 14.8 Å². The highest BCUT2D eigenvalue weighted by atomic mass is 32.2. The quantitative estimate of drug-likeness (QED) is 0.545. The highest BCUT2D eigenvalue weighted by Crippen LogP contribution is 2.30. The Morgan fingerprint density at radius 2 is 1.89 bits per heavy atom. The maximum atomic E-state index is 12.7. The van der Waals surface area contributed by atoms with Gasteiger partial charge in [-0.1, -0.05) is 12.1 Å². The summed E-state index contributed by atoms with van der Waals surface area (Å²) in [5, 5.41) is 15.9. The minimum absolute atomic E-state index is 0.00546. The molecule has 0 aliphatic carbocycles. The standard InChI is InChI=1S/C18H16N2O5S2/c1-25-17-5-3-2-4-14(17)20-27(23,24)13-6-7-16(21)15(10-13)19-18(22)12-8-9-26-11-12/h2-11,20-21H,1H3,(H,19,22). The Hall–Kier alpha value is -3.04. The smallest absolute Gasteiger partial charge is 0.262 e. The number of aromatic hydroxyl groups is 1. The van der Waals surface area contributed by atoms with E-state index in [2.05, 4.69) is 10.0 Å². The maximum absolute atomic E-state index is 12.7. The molecule has 7 nitrogen and oxygen atoms in total. The monoisotopic (exact) mass is 404 g/mol. The van der Waals surface area contributed by atoms with E-state index in [9.17, 15) is 18.3 Å². The van der Waals surface area contributed by atoms with E-state index in [1.165, 1.54) is 36.6 Å². The topological polar surface area (TPSA) is 105 Å². The molecule has 3 aromatic rings. The van der Waals surface area contributed by atoms with Crippen LogP contribution in [0.25, 0.3) is 0 Å². The summed E-state index contributed by atoms with van der Waals surface area (Å²) in [6.45, 7) is 0. The first-order valence-electron chi connectivity index (χ1n) is 7.73. The highest BCUT2D eigenvalue weighted by molar-refractivity contribution is 7.92. The number of phenols is 1. The largest absolute Gasteiger partial charge is 0.506 e. The minimum atomic E-state index is -3.97. The molecule has 3 rings (SSSR count). The van der Waals surface area contributed by atoms with Crippen LogP contribution in [-0.2, 0) is 10.0 Å². The molecule has 0 radical (unpaired) electrons.